The largest absolute Gasteiger partial charge is 0.483 e. The van der Waals surface area contributed by atoms with E-state index in [4.69, 9.17) is 20.3 Å². The highest BCUT2D eigenvalue weighted by Gasteiger charge is 2.50. The van der Waals surface area contributed by atoms with Crippen LogP contribution in [0, 0.1) is 0 Å². The first-order valence-corrected chi connectivity index (χ1v) is 10.3. The molecule has 8 N–H and O–H groups in total. The van der Waals surface area contributed by atoms with Crippen molar-refractivity contribution in [3.05, 3.63) is 12.7 Å². The SMILES string of the molecule is Nc1ncnc2c1ncn2[C@@H]1O[C@H](C(O)OP(=O)(O)OP(=O)(O)O)[C@@H](O)[C@H]1O. The normalized spacial score (nSPS) is 29.1. The average Bonchev–Trinajstić information content (AvgIpc) is 3.08. The third-order valence-corrected chi connectivity index (χ3v) is 5.83. The maximum absolute atomic E-state index is 11.5. The number of phosphoric ester groups is 1. The molecule has 3 heterocycles. The third-order valence-electron chi connectivity index (χ3n) is 3.67. The molecule has 18 heteroatoms. The number of rotatable bonds is 6. The Hall–Kier alpha value is -1.55. The minimum Gasteiger partial charge on any atom is -0.387 e. The van der Waals surface area contributed by atoms with Crippen LogP contribution in [0.15, 0.2) is 12.7 Å². The van der Waals surface area contributed by atoms with Crippen LogP contribution < -0.4 is 5.73 Å². The molecule has 16 nitrogen and oxygen atoms in total. The molecule has 0 bridgehead atoms. The first-order chi connectivity index (χ1) is 12.9. The van der Waals surface area contributed by atoms with Crippen LogP contribution in [0.4, 0.5) is 5.82 Å². The van der Waals surface area contributed by atoms with Gasteiger partial charge in [0.1, 0.15) is 30.2 Å². The summed E-state index contributed by atoms with van der Waals surface area (Å²) < 4.78 is 36.3. The van der Waals surface area contributed by atoms with E-state index in [1.54, 1.807) is 0 Å². The van der Waals surface area contributed by atoms with Crippen LogP contribution in [0.1, 0.15) is 6.23 Å². The molecule has 2 aromatic heterocycles. The van der Waals surface area contributed by atoms with Crippen LogP contribution in [0.2, 0.25) is 0 Å². The third kappa shape index (κ3) is 4.22. The van der Waals surface area contributed by atoms with Crippen molar-refractivity contribution in [3.8, 4) is 0 Å². The van der Waals surface area contributed by atoms with E-state index in [-0.39, 0.29) is 17.0 Å². The van der Waals surface area contributed by atoms with E-state index >= 15 is 0 Å². The molecular weight excluding hydrogens is 428 g/mol. The molecule has 2 unspecified atom stereocenters. The second-order valence-electron chi connectivity index (χ2n) is 5.59. The maximum atomic E-state index is 11.5. The number of aliphatic hydroxyl groups excluding tert-OH is 3. The number of nitrogens with two attached hydrogens (primary N) is 1. The Morgan fingerprint density at radius 3 is 2.50 bits per heavy atom. The van der Waals surface area contributed by atoms with Gasteiger partial charge in [-0.05, 0) is 0 Å². The Morgan fingerprint density at radius 1 is 1.18 bits per heavy atom. The van der Waals surface area contributed by atoms with Crippen molar-refractivity contribution in [1.82, 2.24) is 19.5 Å². The van der Waals surface area contributed by atoms with Gasteiger partial charge in [0.25, 0.3) is 0 Å². The minimum atomic E-state index is -5.44. The van der Waals surface area contributed by atoms with Gasteiger partial charge in [0.15, 0.2) is 24.0 Å². The van der Waals surface area contributed by atoms with Gasteiger partial charge >= 0.3 is 15.6 Å². The Kier molecular flexibility index (Phi) is 5.57. The highest BCUT2D eigenvalue weighted by atomic mass is 31.3. The summed E-state index contributed by atoms with van der Waals surface area (Å²) in [4.78, 5) is 38.0. The van der Waals surface area contributed by atoms with Crippen molar-refractivity contribution in [2.75, 3.05) is 5.73 Å². The van der Waals surface area contributed by atoms with E-state index in [1.165, 1.54) is 10.9 Å². The standard InChI is InChI=1S/C10H15N5O11P2/c11-7-3-8(13-1-12-7)15(2-14-3)9-5(17)4(16)6(24-9)10(18)25-28(22,23)26-27(19,20)21/h1-2,4-6,9-10,16-18H,(H,22,23)(H2,11,12,13)(H2,19,20,21)/t4-,5+,6-,9+,10?/m0/s1. The van der Waals surface area contributed by atoms with E-state index in [1.807, 2.05) is 0 Å². The fourth-order valence-corrected chi connectivity index (χ4v) is 4.18. The highest BCUT2D eigenvalue weighted by molar-refractivity contribution is 7.60. The van der Waals surface area contributed by atoms with Gasteiger partial charge in [-0.1, -0.05) is 0 Å². The first-order valence-electron chi connectivity index (χ1n) is 7.30. The molecule has 0 aromatic carbocycles. The fourth-order valence-electron chi connectivity index (χ4n) is 2.56. The Bertz CT molecular complexity index is 964. The smallest absolute Gasteiger partial charge is 0.387 e. The molecule has 1 saturated heterocycles. The van der Waals surface area contributed by atoms with Gasteiger partial charge in [-0.25, -0.2) is 24.1 Å². The van der Waals surface area contributed by atoms with Gasteiger partial charge in [-0.15, -0.1) is 0 Å². The lowest BCUT2D eigenvalue weighted by Gasteiger charge is -2.22. The molecule has 156 valence electrons. The number of hydrogen-bond donors (Lipinski definition) is 7. The Labute approximate surface area is 155 Å². The Morgan fingerprint density at radius 2 is 1.86 bits per heavy atom. The van der Waals surface area contributed by atoms with Crippen LogP contribution in [0.5, 0.6) is 0 Å². The van der Waals surface area contributed by atoms with Crippen LogP contribution >= 0.6 is 15.6 Å². The zero-order valence-electron chi connectivity index (χ0n) is 13.5. The molecule has 0 spiro atoms. The number of fused-ring (bicyclic) bond motifs is 1. The van der Waals surface area contributed by atoms with E-state index < -0.39 is 46.5 Å². The predicted octanol–water partition coefficient (Wildman–Crippen LogP) is -2.43. The molecule has 0 amide bonds. The van der Waals surface area contributed by atoms with E-state index in [0.29, 0.717) is 0 Å². The molecule has 1 aliphatic heterocycles. The number of imidazole rings is 1. The van der Waals surface area contributed by atoms with Crippen LogP contribution in [-0.2, 0) is 22.7 Å². The van der Waals surface area contributed by atoms with Gasteiger partial charge in [0.05, 0.1) is 6.33 Å². The number of hydrogen-bond acceptors (Lipinski definition) is 12. The second kappa shape index (κ2) is 7.37. The number of aliphatic hydroxyl groups is 3. The summed E-state index contributed by atoms with van der Waals surface area (Å²) in [5, 5.41) is 30.2. The average molecular weight is 443 g/mol. The predicted molar refractivity (Wildman–Crippen MR) is 85.7 cm³/mol. The van der Waals surface area contributed by atoms with Crippen molar-refractivity contribution in [3.63, 3.8) is 0 Å². The summed E-state index contributed by atoms with van der Waals surface area (Å²) in [6.45, 7) is 0. The number of anilines is 1. The minimum absolute atomic E-state index is 0.0347. The van der Waals surface area contributed by atoms with Crippen LogP contribution in [0.3, 0.4) is 0 Å². The van der Waals surface area contributed by atoms with Crippen molar-refractivity contribution < 1.29 is 52.7 Å². The van der Waals surface area contributed by atoms with Crippen LogP contribution in [0.25, 0.3) is 11.2 Å². The lowest BCUT2D eigenvalue weighted by Crippen LogP contribution is -2.39. The van der Waals surface area contributed by atoms with Crippen molar-refractivity contribution in [2.45, 2.75) is 30.8 Å². The van der Waals surface area contributed by atoms with Gasteiger partial charge in [0.2, 0.25) is 0 Å². The molecule has 0 saturated carbocycles. The monoisotopic (exact) mass is 443 g/mol. The lowest BCUT2D eigenvalue weighted by molar-refractivity contribution is -0.160. The number of aromatic nitrogens is 4. The molecule has 1 fully saturated rings. The fraction of sp³-hybridized carbons (Fsp3) is 0.500. The first kappa shape index (κ1) is 21.2. The molecule has 28 heavy (non-hydrogen) atoms. The van der Waals surface area contributed by atoms with Crippen molar-refractivity contribution in [2.24, 2.45) is 0 Å². The molecule has 2 aromatic rings. The zero-order valence-corrected chi connectivity index (χ0v) is 15.3. The number of ether oxygens (including phenoxy) is 1. The highest BCUT2D eigenvalue weighted by Crippen LogP contribution is 2.58. The lowest BCUT2D eigenvalue weighted by atomic mass is 10.1. The van der Waals surface area contributed by atoms with Gasteiger partial charge in [-0.3, -0.25) is 9.09 Å². The van der Waals surface area contributed by atoms with Gasteiger partial charge < -0.3 is 40.5 Å². The van der Waals surface area contributed by atoms with Gasteiger partial charge in [0, 0.05) is 0 Å². The maximum Gasteiger partial charge on any atom is 0.483 e. The molecule has 0 aliphatic carbocycles. The molecule has 0 radical (unpaired) electrons. The van der Waals surface area contributed by atoms with Gasteiger partial charge in [-0.2, -0.15) is 4.31 Å². The zero-order chi connectivity index (χ0) is 20.9. The molecular formula is C10H15N5O11P2. The van der Waals surface area contributed by atoms with E-state index in [0.717, 1.165) is 6.33 Å². The summed E-state index contributed by atoms with van der Waals surface area (Å²) in [5.74, 6) is 0.0347. The Balaban J connectivity index is 1.81. The van der Waals surface area contributed by atoms with Crippen LogP contribution in [-0.4, -0.2) is 74.1 Å². The molecule has 1 aliphatic rings. The topological polar surface area (TPSA) is 253 Å². The summed E-state index contributed by atoms with van der Waals surface area (Å²) in [5.41, 5.74) is 5.94. The molecule has 3 rings (SSSR count). The number of nitrogens with zero attached hydrogens (tertiary/aromatic N) is 4. The summed E-state index contributed by atoms with van der Waals surface area (Å²) >= 11 is 0. The second-order valence-corrected chi connectivity index (χ2v) is 8.37. The quantitative estimate of drug-likeness (QED) is 0.181. The molecule has 6 atom stereocenters. The van der Waals surface area contributed by atoms with Crippen molar-refractivity contribution in [1.29, 1.82) is 0 Å². The van der Waals surface area contributed by atoms with E-state index in [9.17, 15) is 29.3 Å². The summed E-state index contributed by atoms with van der Waals surface area (Å²) in [7, 11) is -10.9. The van der Waals surface area contributed by atoms with Crippen molar-refractivity contribution >= 4 is 32.6 Å². The summed E-state index contributed by atoms with van der Waals surface area (Å²) in [6, 6.07) is 0. The number of phosphoric acid groups is 2. The van der Waals surface area contributed by atoms with E-state index in [2.05, 4.69) is 23.8 Å². The summed E-state index contributed by atoms with van der Waals surface area (Å²) in [6.07, 6.45) is -6.84. The number of nitrogen functional groups attached to an aromatic ring is 1.